The van der Waals surface area contributed by atoms with E-state index in [0.29, 0.717) is 24.2 Å². The first-order valence-corrected chi connectivity index (χ1v) is 8.06. The Hall–Kier alpha value is -2.77. The fourth-order valence-corrected chi connectivity index (χ4v) is 3.21. The van der Waals surface area contributed by atoms with Crippen molar-refractivity contribution in [2.75, 3.05) is 13.1 Å². The minimum absolute atomic E-state index is 0.105. The molecule has 1 amide bonds. The van der Waals surface area contributed by atoms with Crippen molar-refractivity contribution >= 4 is 11.9 Å². The highest BCUT2D eigenvalue weighted by atomic mass is 19.1. The van der Waals surface area contributed by atoms with Crippen LogP contribution in [-0.4, -0.2) is 50.0 Å². The van der Waals surface area contributed by atoms with Gasteiger partial charge in [0.15, 0.2) is 5.69 Å². The van der Waals surface area contributed by atoms with E-state index in [1.165, 1.54) is 27.9 Å². The molecular formula is C17H19FN4O3. The molecule has 0 aliphatic carbocycles. The molecule has 2 atom stereocenters. The molecule has 1 N–H and O–H groups in total. The number of rotatable bonds is 3. The van der Waals surface area contributed by atoms with E-state index in [4.69, 9.17) is 0 Å². The number of hydrogen-bond donors (Lipinski definition) is 1. The van der Waals surface area contributed by atoms with Crippen LogP contribution in [0.4, 0.5) is 4.39 Å². The van der Waals surface area contributed by atoms with E-state index in [1.54, 1.807) is 13.0 Å². The van der Waals surface area contributed by atoms with E-state index < -0.39 is 11.9 Å². The first-order chi connectivity index (χ1) is 11.8. The van der Waals surface area contributed by atoms with Crippen molar-refractivity contribution in [3.05, 3.63) is 41.5 Å². The van der Waals surface area contributed by atoms with Gasteiger partial charge in [-0.05, 0) is 43.0 Å². The number of amides is 1. The summed E-state index contributed by atoms with van der Waals surface area (Å²) in [5.74, 6) is -2.05. The molecule has 0 spiro atoms. The maximum atomic E-state index is 13.2. The third-order valence-corrected chi connectivity index (χ3v) is 4.41. The molecule has 7 nitrogen and oxygen atoms in total. The third kappa shape index (κ3) is 3.52. The van der Waals surface area contributed by atoms with Crippen LogP contribution in [0.5, 0.6) is 0 Å². The van der Waals surface area contributed by atoms with Crippen LogP contribution in [-0.2, 0) is 4.79 Å². The molecule has 25 heavy (non-hydrogen) atoms. The quantitative estimate of drug-likeness (QED) is 0.917. The Morgan fingerprint density at radius 2 is 2.08 bits per heavy atom. The third-order valence-electron chi connectivity index (χ3n) is 4.41. The van der Waals surface area contributed by atoms with E-state index in [-0.39, 0.29) is 29.9 Å². The average molecular weight is 346 g/mol. The number of carbonyl (C=O) groups excluding carboxylic acids is 1. The van der Waals surface area contributed by atoms with Crippen LogP contribution in [0.2, 0.25) is 0 Å². The van der Waals surface area contributed by atoms with Crippen molar-refractivity contribution in [3.8, 4) is 5.69 Å². The maximum Gasteiger partial charge on any atom is 0.308 e. The van der Waals surface area contributed by atoms with Gasteiger partial charge in [-0.3, -0.25) is 9.59 Å². The number of hydrogen-bond acceptors (Lipinski definition) is 4. The van der Waals surface area contributed by atoms with Gasteiger partial charge >= 0.3 is 5.97 Å². The molecule has 0 bridgehead atoms. The van der Waals surface area contributed by atoms with Crippen LogP contribution < -0.4 is 0 Å². The molecule has 2 heterocycles. The summed E-state index contributed by atoms with van der Waals surface area (Å²) in [5, 5.41) is 17.1. The lowest BCUT2D eigenvalue weighted by molar-refractivity contribution is -0.143. The number of carboxylic acid groups (broad SMARTS) is 1. The highest BCUT2D eigenvalue weighted by molar-refractivity contribution is 5.92. The number of carboxylic acids is 1. The summed E-state index contributed by atoms with van der Waals surface area (Å²) in [6.07, 6.45) is 2.04. The fourth-order valence-electron chi connectivity index (χ4n) is 3.21. The first kappa shape index (κ1) is 17.1. The van der Waals surface area contributed by atoms with E-state index >= 15 is 0 Å². The zero-order valence-corrected chi connectivity index (χ0v) is 14.0. The van der Waals surface area contributed by atoms with Crippen molar-refractivity contribution in [2.45, 2.75) is 20.3 Å². The highest BCUT2D eigenvalue weighted by Gasteiger charge is 2.33. The Balaban J connectivity index is 1.82. The van der Waals surface area contributed by atoms with Crippen molar-refractivity contribution in [1.29, 1.82) is 0 Å². The van der Waals surface area contributed by atoms with E-state index in [1.807, 2.05) is 6.92 Å². The molecule has 0 saturated carbocycles. The first-order valence-electron chi connectivity index (χ1n) is 8.06. The molecular weight excluding hydrogens is 327 g/mol. The number of piperidine rings is 1. The molecule has 1 fully saturated rings. The number of likely N-dealkylation sites (tertiary alicyclic amines) is 1. The zero-order chi connectivity index (χ0) is 18.1. The van der Waals surface area contributed by atoms with Gasteiger partial charge in [-0.25, -0.2) is 9.07 Å². The van der Waals surface area contributed by atoms with Crippen LogP contribution in [0.3, 0.4) is 0 Å². The van der Waals surface area contributed by atoms with Crippen molar-refractivity contribution in [2.24, 2.45) is 11.8 Å². The van der Waals surface area contributed by atoms with Crippen molar-refractivity contribution < 1.29 is 19.1 Å². The molecule has 1 aromatic carbocycles. The molecule has 1 aliphatic heterocycles. The summed E-state index contributed by atoms with van der Waals surface area (Å²) in [4.78, 5) is 25.4. The van der Waals surface area contributed by atoms with E-state index in [9.17, 15) is 19.1 Å². The lowest BCUT2D eigenvalue weighted by atomic mass is 9.90. The molecule has 1 aliphatic rings. The minimum atomic E-state index is -0.894. The molecule has 0 radical (unpaired) electrons. The van der Waals surface area contributed by atoms with E-state index in [0.717, 1.165) is 0 Å². The molecule has 1 saturated heterocycles. The normalized spacial score (nSPS) is 20.5. The summed E-state index contributed by atoms with van der Waals surface area (Å²) in [5.41, 5.74) is 1.44. The van der Waals surface area contributed by atoms with Gasteiger partial charge in [0.1, 0.15) is 5.82 Å². The SMILES string of the molecule is Cc1cc(F)ccc1-n1cc(C(=O)N2CC(C)CC(C(=O)O)C2)nn1. The van der Waals surface area contributed by atoms with Crippen molar-refractivity contribution in [3.63, 3.8) is 0 Å². The zero-order valence-electron chi connectivity index (χ0n) is 14.0. The summed E-state index contributed by atoms with van der Waals surface area (Å²) in [6, 6.07) is 4.26. The number of carbonyl (C=O) groups is 2. The largest absolute Gasteiger partial charge is 0.481 e. The predicted octanol–water partition coefficient (Wildman–Crippen LogP) is 1.90. The Morgan fingerprint density at radius 1 is 1.32 bits per heavy atom. The second kappa shape index (κ2) is 6.62. The Morgan fingerprint density at radius 3 is 2.76 bits per heavy atom. The summed E-state index contributed by atoms with van der Waals surface area (Å²) >= 11 is 0. The average Bonchev–Trinajstić information content (AvgIpc) is 3.03. The Labute approximate surface area is 144 Å². The monoisotopic (exact) mass is 346 g/mol. The smallest absolute Gasteiger partial charge is 0.308 e. The Kier molecular flexibility index (Phi) is 4.52. The van der Waals surface area contributed by atoms with Crippen molar-refractivity contribution in [1.82, 2.24) is 19.9 Å². The van der Waals surface area contributed by atoms with E-state index in [2.05, 4.69) is 10.3 Å². The molecule has 132 valence electrons. The number of aryl methyl sites for hydroxylation is 1. The van der Waals surface area contributed by atoms with Crippen LogP contribution in [0.1, 0.15) is 29.4 Å². The number of aromatic nitrogens is 3. The highest BCUT2D eigenvalue weighted by Crippen LogP contribution is 2.23. The topological polar surface area (TPSA) is 88.3 Å². The minimum Gasteiger partial charge on any atom is -0.481 e. The van der Waals surface area contributed by atoms with Gasteiger partial charge in [0.2, 0.25) is 0 Å². The lowest BCUT2D eigenvalue weighted by Gasteiger charge is -2.34. The number of aliphatic carboxylic acids is 1. The van der Waals surface area contributed by atoms with Gasteiger partial charge in [0.05, 0.1) is 17.8 Å². The van der Waals surface area contributed by atoms with Crippen LogP contribution in [0, 0.1) is 24.6 Å². The van der Waals surface area contributed by atoms with Gasteiger partial charge in [-0.15, -0.1) is 5.10 Å². The summed E-state index contributed by atoms with van der Waals surface area (Å²) < 4.78 is 14.6. The van der Waals surface area contributed by atoms with Gasteiger partial charge in [-0.1, -0.05) is 12.1 Å². The van der Waals surface area contributed by atoms with Gasteiger partial charge in [-0.2, -0.15) is 0 Å². The van der Waals surface area contributed by atoms with Crippen LogP contribution in [0.25, 0.3) is 5.69 Å². The van der Waals surface area contributed by atoms with Crippen LogP contribution >= 0.6 is 0 Å². The number of halogens is 1. The standard InChI is InChI=1S/C17H19FN4O3/c1-10-5-12(17(24)25)8-21(7-10)16(23)14-9-22(20-19-14)15-4-3-13(18)6-11(15)2/h3-4,6,9-10,12H,5,7-8H2,1-2H3,(H,24,25). The fraction of sp³-hybridized carbons (Fsp3) is 0.412. The molecule has 8 heteroatoms. The lowest BCUT2D eigenvalue weighted by Crippen LogP contribution is -2.45. The number of benzene rings is 1. The van der Waals surface area contributed by atoms with Gasteiger partial charge in [0, 0.05) is 13.1 Å². The van der Waals surface area contributed by atoms with Gasteiger partial charge < -0.3 is 10.0 Å². The summed E-state index contributed by atoms with van der Waals surface area (Å²) in [6.45, 7) is 4.32. The molecule has 1 aromatic heterocycles. The molecule has 2 unspecified atom stereocenters. The van der Waals surface area contributed by atoms with Gasteiger partial charge in [0.25, 0.3) is 5.91 Å². The molecule has 2 aromatic rings. The second-order valence-corrected chi connectivity index (χ2v) is 6.57. The number of nitrogens with zero attached hydrogens (tertiary/aromatic N) is 4. The second-order valence-electron chi connectivity index (χ2n) is 6.57. The van der Waals surface area contributed by atoms with Crippen LogP contribution in [0.15, 0.2) is 24.4 Å². The maximum absolute atomic E-state index is 13.2. The predicted molar refractivity (Wildman–Crippen MR) is 86.9 cm³/mol. The molecule has 3 rings (SSSR count). The Bertz CT molecular complexity index is 820. The summed E-state index contributed by atoms with van der Waals surface area (Å²) in [7, 11) is 0.